The molecule has 0 atom stereocenters. The summed E-state index contributed by atoms with van der Waals surface area (Å²) in [6, 6.07) is 4.23. The van der Waals surface area contributed by atoms with Gasteiger partial charge >= 0.3 is 5.97 Å². The molecule has 0 aliphatic rings. The Morgan fingerprint density at radius 3 is 2.63 bits per heavy atom. The second kappa shape index (κ2) is 7.79. The van der Waals surface area contributed by atoms with Crippen LogP contribution in [0.5, 0.6) is 5.75 Å². The number of rotatable bonds is 7. The van der Waals surface area contributed by atoms with Gasteiger partial charge in [-0.2, -0.15) is 0 Å². The van der Waals surface area contributed by atoms with Crippen LogP contribution in [0, 0.1) is 13.8 Å². The van der Waals surface area contributed by atoms with Crippen LogP contribution in [0.2, 0.25) is 0 Å². The molecule has 0 heterocycles. The van der Waals surface area contributed by atoms with E-state index in [4.69, 9.17) is 4.74 Å². The van der Waals surface area contributed by atoms with Crippen molar-refractivity contribution in [3.8, 4) is 5.75 Å². The molecule has 0 spiro atoms. The van der Waals surface area contributed by atoms with Crippen LogP contribution in [-0.2, 0) is 16.1 Å². The molecule has 1 aromatic carbocycles. The Bertz CT molecular complexity index is 430. The van der Waals surface area contributed by atoms with Crippen LogP contribution in [0.1, 0.15) is 29.5 Å². The summed E-state index contributed by atoms with van der Waals surface area (Å²) in [5, 5.41) is 3.32. The lowest BCUT2D eigenvalue weighted by Gasteiger charge is -2.13. The van der Waals surface area contributed by atoms with Crippen LogP contribution in [0.4, 0.5) is 0 Å². The van der Waals surface area contributed by atoms with E-state index in [0.717, 1.165) is 36.4 Å². The van der Waals surface area contributed by atoms with Gasteiger partial charge in [-0.1, -0.05) is 17.7 Å². The van der Waals surface area contributed by atoms with Gasteiger partial charge in [0.15, 0.2) is 0 Å². The average Bonchev–Trinajstić information content (AvgIpc) is 2.37. The SMILES string of the molecule is COC(=O)CCCNCc1cc(C)cc(C)c1OC. The maximum Gasteiger partial charge on any atom is 0.305 e. The minimum absolute atomic E-state index is 0.161. The van der Waals surface area contributed by atoms with Crippen LogP contribution in [0.3, 0.4) is 0 Å². The Balaban J connectivity index is 2.47. The standard InChI is InChI=1S/C15H23NO3/c1-11-8-12(2)15(19-4)13(9-11)10-16-7-5-6-14(17)18-3/h8-9,16H,5-7,10H2,1-4H3. The van der Waals surface area contributed by atoms with E-state index in [2.05, 4.69) is 29.1 Å². The van der Waals surface area contributed by atoms with Crippen LogP contribution in [0.15, 0.2) is 12.1 Å². The summed E-state index contributed by atoms with van der Waals surface area (Å²) >= 11 is 0. The lowest BCUT2D eigenvalue weighted by molar-refractivity contribution is -0.140. The number of aryl methyl sites for hydroxylation is 2. The third-order valence-corrected chi connectivity index (χ3v) is 2.98. The molecule has 106 valence electrons. The molecule has 0 aliphatic heterocycles. The second-order valence-electron chi connectivity index (χ2n) is 4.63. The number of hydrogen-bond acceptors (Lipinski definition) is 4. The molecule has 0 saturated heterocycles. The molecule has 4 nitrogen and oxygen atoms in total. The Morgan fingerprint density at radius 2 is 2.00 bits per heavy atom. The van der Waals surface area contributed by atoms with Gasteiger partial charge < -0.3 is 14.8 Å². The molecule has 0 unspecified atom stereocenters. The highest BCUT2D eigenvalue weighted by Gasteiger charge is 2.07. The number of benzene rings is 1. The lowest BCUT2D eigenvalue weighted by Crippen LogP contribution is -2.17. The van der Waals surface area contributed by atoms with Crippen molar-refractivity contribution in [2.45, 2.75) is 33.2 Å². The maximum absolute atomic E-state index is 11.0. The van der Waals surface area contributed by atoms with E-state index in [-0.39, 0.29) is 5.97 Å². The van der Waals surface area contributed by atoms with Crippen molar-refractivity contribution in [2.24, 2.45) is 0 Å². The predicted molar refractivity (Wildman–Crippen MR) is 75.4 cm³/mol. The predicted octanol–water partition coefficient (Wildman–Crippen LogP) is 2.35. The summed E-state index contributed by atoms with van der Waals surface area (Å²) in [6.07, 6.45) is 1.23. The average molecular weight is 265 g/mol. The van der Waals surface area contributed by atoms with E-state index < -0.39 is 0 Å². The van der Waals surface area contributed by atoms with Crippen LogP contribution in [0.25, 0.3) is 0 Å². The lowest BCUT2D eigenvalue weighted by atomic mass is 10.1. The number of carbonyl (C=O) groups excluding carboxylic acids is 1. The van der Waals surface area contributed by atoms with E-state index >= 15 is 0 Å². The van der Waals surface area contributed by atoms with Crippen LogP contribution in [-0.4, -0.2) is 26.7 Å². The summed E-state index contributed by atoms with van der Waals surface area (Å²) in [6.45, 7) is 5.65. The molecule has 0 saturated carbocycles. The Kier molecular flexibility index (Phi) is 6.36. The maximum atomic E-state index is 11.0. The molecule has 0 amide bonds. The number of nitrogens with one attached hydrogen (secondary N) is 1. The van der Waals surface area contributed by atoms with Gasteiger partial charge in [-0.15, -0.1) is 0 Å². The number of esters is 1. The molecular formula is C15H23NO3. The molecule has 0 radical (unpaired) electrons. The molecule has 0 bridgehead atoms. The zero-order valence-corrected chi connectivity index (χ0v) is 12.2. The van der Waals surface area contributed by atoms with Gasteiger partial charge in [0.05, 0.1) is 14.2 Å². The van der Waals surface area contributed by atoms with Crippen molar-refractivity contribution in [3.63, 3.8) is 0 Å². The molecule has 19 heavy (non-hydrogen) atoms. The third kappa shape index (κ3) is 4.91. The van der Waals surface area contributed by atoms with E-state index in [1.807, 2.05) is 6.92 Å². The Morgan fingerprint density at radius 1 is 1.26 bits per heavy atom. The summed E-state index contributed by atoms with van der Waals surface area (Å²) in [7, 11) is 3.11. The van der Waals surface area contributed by atoms with Gasteiger partial charge in [-0.3, -0.25) is 4.79 Å². The second-order valence-corrected chi connectivity index (χ2v) is 4.63. The van der Waals surface area contributed by atoms with Crippen molar-refractivity contribution in [1.82, 2.24) is 5.32 Å². The third-order valence-electron chi connectivity index (χ3n) is 2.98. The first-order valence-corrected chi connectivity index (χ1v) is 6.50. The summed E-state index contributed by atoms with van der Waals surface area (Å²) in [5.74, 6) is 0.775. The van der Waals surface area contributed by atoms with Gasteiger partial charge in [0.1, 0.15) is 5.75 Å². The zero-order chi connectivity index (χ0) is 14.3. The van der Waals surface area contributed by atoms with Crippen molar-refractivity contribution in [1.29, 1.82) is 0 Å². The van der Waals surface area contributed by atoms with Gasteiger partial charge in [0.2, 0.25) is 0 Å². The zero-order valence-electron chi connectivity index (χ0n) is 12.2. The van der Waals surface area contributed by atoms with Crippen molar-refractivity contribution in [3.05, 3.63) is 28.8 Å². The highest BCUT2D eigenvalue weighted by Crippen LogP contribution is 2.24. The first-order chi connectivity index (χ1) is 9.08. The van der Waals surface area contributed by atoms with E-state index in [1.54, 1.807) is 7.11 Å². The highest BCUT2D eigenvalue weighted by atomic mass is 16.5. The minimum Gasteiger partial charge on any atom is -0.496 e. The summed E-state index contributed by atoms with van der Waals surface area (Å²) in [5.41, 5.74) is 3.52. The summed E-state index contributed by atoms with van der Waals surface area (Å²) < 4.78 is 10.0. The van der Waals surface area contributed by atoms with Crippen molar-refractivity contribution < 1.29 is 14.3 Å². The van der Waals surface area contributed by atoms with Crippen LogP contribution >= 0.6 is 0 Å². The first kappa shape index (κ1) is 15.5. The minimum atomic E-state index is -0.161. The molecule has 0 aliphatic carbocycles. The highest BCUT2D eigenvalue weighted by molar-refractivity contribution is 5.69. The van der Waals surface area contributed by atoms with Crippen molar-refractivity contribution >= 4 is 5.97 Å². The van der Waals surface area contributed by atoms with Gasteiger partial charge in [0.25, 0.3) is 0 Å². The number of ether oxygens (including phenoxy) is 2. The van der Waals surface area contributed by atoms with E-state index in [9.17, 15) is 4.79 Å². The Labute approximate surface area is 115 Å². The van der Waals surface area contributed by atoms with Crippen LogP contribution < -0.4 is 10.1 Å². The fourth-order valence-corrected chi connectivity index (χ4v) is 2.15. The van der Waals surface area contributed by atoms with Gasteiger partial charge in [0, 0.05) is 18.5 Å². The molecule has 4 heteroatoms. The quantitative estimate of drug-likeness (QED) is 0.607. The fraction of sp³-hybridized carbons (Fsp3) is 0.533. The topological polar surface area (TPSA) is 47.6 Å². The number of carbonyl (C=O) groups is 1. The van der Waals surface area contributed by atoms with Gasteiger partial charge in [-0.05, 0) is 32.4 Å². The monoisotopic (exact) mass is 265 g/mol. The molecular weight excluding hydrogens is 242 g/mol. The molecule has 1 rings (SSSR count). The molecule has 1 N–H and O–H groups in total. The van der Waals surface area contributed by atoms with Crippen molar-refractivity contribution in [2.75, 3.05) is 20.8 Å². The summed E-state index contributed by atoms with van der Waals surface area (Å²) in [4.78, 5) is 11.0. The molecule has 0 fully saturated rings. The Hall–Kier alpha value is -1.55. The molecule has 0 aromatic heterocycles. The first-order valence-electron chi connectivity index (χ1n) is 6.50. The van der Waals surface area contributed by atoms with E-state index in [0.29, 0.717) is 6.42 Å². The fourth-order valence-electron chi connectivity index (χ4n) is 2.15. The number of hydrogen-bond donors (Lipinski definition) is 1. The van der Waals surface area contributed by atoms with Gasteiger partial charge in [-0.25, -0.2) is 0 Å². The largest absolute Gasteiger partial charge is 0.496 e. The smallest absolute Gasteiger partial charge is 0.305 e. The normalized spacial score (nSPS) is 10.3. The van der Waals surface area contributed by atoms with E-state index in [1.165, 1.54) is 12.7 Å². The number of methoxy groups -OCH3 is 2. The molecule has 1 aromatic rings.